The summed E-state index contributed by atoms with van der Waals surface area (Å²) < 4.78 is 6.23. The molecule has 0 aromatic carbocycles. The summed E-state index contributed by atoms with van der Waals surface area (Å²) >= 11 is 5.15. The van der Waals surface area contributed by atoms with E-state index >= 15 is 0 Å². The van der Waals surface area contributed by atoms with Gasteiger partial charge in [0.15, 0.2) is 0 Å². The Hall–Kier alpha value is -3.69. The van der Waals surface area contributed by atoms with Gasteiger partial charge in [0.1, 0.15) is 5.76 Å². The van der Waals surface area contributed by atoms with Crippen molar-refractivity contribution in [3.8, 4) is 0 Å². The van der Waals surface area contributed by atoms with E-state index in [0.29, 0.717) is 11.7 Å². The van der Waals surface area contributed by atoms with Gasteiger partial charge in [-0.2, -0.15) is 12.6 Å². The Morgan fingerprint density at radius 2 is 1.86 bits per heavy atom. The van der Waals surface area contributed by atoms with Gasteiger partial charge < -0.3 is 9.64 Å². The first kappa shape index (κ1) is 43.5. The van der Waals surface area contributed by atoms with Gasteiger partial charge in [-0.05, 0) is 88.7 Å². The largest absolute Gasteiger partial charge is 0.463 e. The summed E-state index contributed by atoms with van der Waals surface area (Å²) in [5.41, 5.74) is 4.92. The number of ether oxygens (including phenoxy) is 1. The van der Waals surface area contributed by atoms with Crippen molar-refractivity contribution in [1.82, 2.24) is 4.90 Å². The Morgan fingerprint density at radius 3 is 2.55 bits per heavy atom. The van der Waals surface area contributed by atoms with Crippen molar-refractivity contribution in [2.75, 3.05) is 0 Å². The molecule has 0 bridgehead atoms. The zero-order chi connectivity index (χ0) is 37.5. The molecular formula is C48H67NOS. The highest BCUT2D eigenvalue weighted by Crippen LogP contribution is 2.44. The van der Waals surface area contributed by atoms with Crippen LogP contribution in [0.15, 0.2) is 169 Å². The maximum atomic E-state index is 6.23. The minimum absolute atomic E-state index is 0.00363. The zero-order valence-electron chi connectivity index (χ0n) is 32.8. The first-order valence-electron chi connectivity index (χ1n) is 19.2. The highest BCUT2D eigenvalue weighted by atomic mass is 32.1. The first-order valence-corrected chi connectivity index (χ1v) is 19.7. The molecule has 0 N–H and O–H groups in total. The second-order valence-corrected chi connectivity index (χ2v) is 14.5. The van der Waals surface area contributed by atoms with Crippen LogP contribution in [0.3, 0.4) is 0 Å². The Kier molecular flexibility index (Phi) is 20.9. The molecule has 5 unspecified atom stereocenters. The van der Waals surface area contributed by atoms with Gasteiger partial charge in [0, 0.05) is 28.8 Å². The first-order chi connectivity index (χ1) is 24.7. The lowest BCUT2D eigenvalue weighted by molar-refractivity contribution is 0.308. The topological polar surface area (TPSA) is 12.5 Å². The molecule has 0 aliphatic heterocycles. The summed E-state index contributed by atoms with van der Waals surface area (Å²) in [5.74, 6) is 1.44. The molecule has 0 saturated heterocycles. The van der Waals surface area contributed by atoms with Gasteiger partial charge in [0.25, 0.3) is 0 Å². The molecular weight excluding hydrogens is 639 g/mol. The quantitative estimate of drug-likeness (QED) is 0.0552. The van der Waals surface area contributed by atoms with Gasteiger partial charge in [0.2, 0.25) is 0 Å². The zero-order valence-corrected chi connectivity index (χ0v) is 33.7. The van der Waals surface area contributed by atoms with Crippen LogP contribution < -0.4 is 0 Å². The number of rotatable bonds is 21. The van der Waals surface area contributed by atoms with Crippen LogP contribution in [0, 0.1) is 17.3 Å². The SMILES string of the molecule is C=C/C(O/C=C/C=C\C=C/C)=C(\C=C/C)N(/C=C/C(S)C(C=C)C1=C(C)CC=CC=C1)C(C)/C=C/C1(C)CC(CCCC)CC=C1/C=C\CCC. The molecule has 0 radical (unpaired) electrons. The smallest absolute Gasteiger partial charge is 0.149 e. The summed E-state index contributed by atoms with van der Waals surface area (Å²) in [7, 11) is 0. The lowest BCUT2D eigenvalue weighted by Gasteiger charge is -2.37. The van der Waals surface area contributed by atoms with Crippen molar-refractivity contribution < 1.29 is 4.74 Å². The van der Waals surface area contributed by atoms with Gasteiger partial charge in [-0.3, -0.25) is 0 Å². The molecule has 0 heterocycles. The third-order valence-electron chi connectivity index (χ3n) is 9.65. The monoisotopic (exact) mass is 705 g/mol. The van der Waals surface area contributed by atoms with Gasteiger partial charge in [-0.1, -0.05) is 156 Å². The van der Waals surface area contributed by atoms with Crippen LogP contribution in [0.25, 0.3) is 0 Å². The Labute approximate surface area is 318 Å². The maximum Gasteiger partial charge on any atom is 0.149 e. The predicted octanol–water partition coefficient (Wildman–Crippen LogP) is 14.2. The van der Waals surface area contributed by atoms with Crippen molar-refractivity contribution >= 4 is 12.6 Å². The molecule has 51 heavy (non-hydrogen) atoms. The van der Waals surface area contributed by atoms with E-state index in [9.17, 15) is 0 Å². The summed E-state index contributed by atoms with van der Waals surface area (Å²) in [6.45, 7) is 23.8. The fraction of sp³-hybridized carbons (Fsp3) is 0.417. The van der Waals surface area contributed by atoms with E-state index in [1.807, 2.05) is 50.3 Å². The van der Waals surface area contributed by atoms with Crippen molar-refractivity contribution in [2.24, 2.45) is 17.3 Å². The standard InChI is InChI=1S/C48H67NOS/c1-10-16-19-20-25-37-50-46(15-6)45(26-13-4)49(36-34-47(51)43(14-5)44-30-24-21-23-27-39(44)7)40(8)33-35-48(9)38-41(28-18-12-3)31-32-42(48)29-22-17-11-2/h10,13-16,19-26,29-30,32-37,40-41,43,47,51H,5-6,11-12,17-18,27-28,31,38H2,1-4,7-9H3/b16-10-,20-19-,26-13-,29-22-,35-33+,36-34+,37-25+,46-45-. The molecule has 2 rings (SSSR count). The summed E-state index contributed by atoms with van der Waals surface area (Å²) in [5, 5.41) is -0.0843. The number of hydrogen-bond acceptors (Lipinski definition) is 3. The fourth-order valence-corrected chi connectivity index (χ4v) is 7.03. The van der Waals surface area contributed by atoms with Gasteiger partial charge in [0.05, 0.1) is 12.0 Å². The van der Waals surface area contributed by atoms with Crippen molar-refractivity contribution in [2.45, 2.75) is 111 Å². The van der Waals surface area contributed by atoms with Crippen molar-refractivity contribution in [1.29, 1.82) is 0 Å². The van der Waals surface area contributed by atoms with E-state index in [1.54, 1.807) is 12.3 Å². The second kappa shape index (κ2) is 24.5. The van der Waals surface area contributed by atoms with Crippen LogP contribution in [-0.2, 0) is 4.74 Å². The van der Waals surface area contributed by atoms with E-state index in [4.69, 9.17) is 17.4 Å². The van der Waals surface area contributed by atoms with E-state index in [0.717, 1.165) is 31.4 Å². The van der Waals surface area contributed by atoms with E-state index < -0.39 is 0 Å². The van der Waals surface area contributed by atoms with Crippen LogP contribution in [0.2, 0.25) is 0 Å². The molecule has 0 aromatic rings. The molecule has 0 fully saturated rings. The molecule has 0 spiro atoms. The van der Waals surface area contributed by atoms with Crippen LogP contribution in [0.1, 0.15) is 99.8 Å². The minimum Gasteiger partial charge on any atom is -0.463 e. The predicted molar refractivity (Wildman–Crippen MR) is 230 cm³/mol. The average Bonchev–Trinajstić information content (AvgIpc) is 3.34. The lowest BCUT2D eigenvalue weighted by Crippen LogP contribution is -2.29. The molecule has 0 saturated carbocycles. The fourth-order valence-electron chi connectivity index (χ4n) is 6.67. The summed E-state index contributed by atoms with van der Waals surface area (Å²) in [6, 6.07) is 0.00363. The highest BCUT2D eigenvalue weighted by molar-refractivity contribution is 7.81. The third-order valence-corrected chi connectivity index (χ3v) is 10.1. The Morgan fingerprint density at radius 1 is 1.08 bits per heavy atom. The van der Waals surface area contributed by atoms with E-state index in [2.05, 4.69) is 132 Å². The minimum atomic E-state index is -0.0843. The molecule has 5 atom stereocenters. The Bertz CT molecular complexity index is 1470. The van der Waals surface area contributed by atoms with Gasteiger partial charge in [-0.25, -0.2) is 0 Å². The third kappa shape index (κ3) is 14.5. The van der Waals surface area contributed by atoms with E-state index in [1.165, 1.54) is 42.4 Å². The van der Waals surface area contributed by atoms with E-state index in [-0.39, 0.29) is 22.6 Å². The molecule has 0 aromatic heterocycles. The van der Waals surface area contributed by atoms with Crippen LogP contribution in [0.4, 0.5) is 0 Å². The number of hydrogen-bond donors (Lipinski definition) is 1. The van der Waals surface area contributed by atoms with Crippen LogP contribution >= 0.6 is 12.6 Å². The molecule has 3 heteroatoms. The number of nitrogens with zero attached hydrogens (tertiary/aromatic N) is 1. The normalized spacial score (nSPS) is 22.5. The summed E-state index contributed by atoms with van der Waals surface area (Å²) in [6.07, 6.45) is 53.9. The maximum absolute atomic E-state index is 6.23. The molecule has 276 valence electrons. The van der Waals surface area contributed by atoms with Crippen molar-refractivity contribution in [3.05, 3.63) is 169 Å². The second-order valence-electron chi connectivity index (χ2n) is 13.9. The molecule has 2 aliphatic rings. The Balaban J connectivity index is 2.64. The molecule has 2 nitrogen and oxygen atoms in total. The summed E-state index contributed by atoms with van der Waals surface area (Å²) in [4.78, 5) is 2.28. The number of allylic oxidation sites excluding steroid dienone is 20. The molecule has 0 amide bonds. The lowest BCUT2D eigenvalue weighted by atomic mass is 9.68. The average molecular weight is 706 g/mol. The number of unbranched alkanes of at least 4 members (excludes halogenated alkanes) is 2. The molecule has 2 aliphatic carbocycles. The van der Waals surface area contributed by atoms with Gasteiger partial charge in [-0.15, -0.1) is 6.58 Å². The van der Waals surface area contributed by atoms with Crippen LogP contribution in [0.5, 0.6) is 0 Å². The van der Waals surface area contributed by atoms with Gasteiger partial charge >= 0.3 is 0 Å². The number of thiol groups is 1. The van der Waals surface area contributed by atoms with Crippen molar-refractivity contribution in [3.63, 3.8) is 0 Å². The highest BCUT2D eigenvalue weighted by Gasteiger charge is 2.32. The van der Waals surface area contributed by atoms with Crippen LogP contribution in [-0.4, -0.2) is 16.2 Å².